The Hall–Kier alpha value is -2.69. The molecule has 5 nitrogen and oxygen atoms in total. The van der Waals surface area contributed by atoms with Gasteiger partial charge in [0.1, 0.15) is 11.5 Å². The lowest BCUT2D eigenvalue weighted by molar-refractivity contribution is -0.111. The molecule has 1 aromatic heterocycles. The molecule has 0 aliphatic rings. The van der Waals surface area contributed by atoms with Gasteiger partial charge in [-0.05, 0) is 30.3 Å². The average Bonchev–Trinajstić information content (AvgIpc) is 2.92. The molecular weight excluding hydrogens is 244 g/mol. The predicted molar refractivity (Wildman–Crippen MR) is 73.8 cm³/mol. The van der Waals surface area contributed by atoms with Crippen LogP contribution in [0, 0.1) is 0 Å². The van der Waals surface area contributed by atoms with Gasteiger partial charge in [0, 0.05) is 17.8 Å². The highest BCUT2D eigenvalue weighted by molar-refractivity contribution is 6.02. The zero-order valence-electron chi connectivity index (χ0n) is 10.4. The summed E-state index contributed by atoms with van der Waals surface area (Å²) >= 11 is 0. The first kappa shape index (κ1) is 12.8. The van der Waals surface area contributed by atoms with Crippen LogP contribution in [0.1, 0.15) is 5.76 Å². The van der Waals surface area contributed by atoms with Crippen molar-refractivity contribution in [2.24, 2.45) is 0 Å². The Morgan fingerprint density at radius 2 is 2.26 bits per heavy atom. The van der Waals surface area contributed by atoms with E-state index in [4.69, 9.17) is 14.9 Å². The predicted octanol–water partition coefficient (Wildman–Crippen LogP) is 2.52. The van der Waals surface area contributed by atoms with E-state index in [0.717, 1.165) is 0 Å². The Morgan fingerprint density at radius 1 is 1.42 bits per heavy atom. The average molecular weight is 258 g/mol. The molecule has 0 bridgehead atoms. The minimum absolute atomic E-state index is 0.261. The van der Waals surface area contributed by atoms with E-state index in [9.17, 15) is 4.79 Å². The number of rotatable bonds is 4. The number of hydrogen-bond acceptors (Lipinski definition) is 4. The molecular formula is C14H14N2O3. The van der Waals surface area contributed by atoms with E-state index in [2.05, 4.69) is 5.32 Å². The van der Waals surface area contributed by atoms with Gasteiger partial charge in [-0.1, -0.05) is 0 Å². The summed E-state index contributed by atoms with van der Waals surface area (Å²) in [5.74, 6) is 0.876. The molecule has 2 rings (SSSR count). The lowest BCUT2D eigenvalue weighted by atomic mass is 10.2. The molecule has 1 aromatic carbocycles. The fraction of sp³-hybridized carbons (Fsp3) is 0.0714. The van der Waals surface area contributed by atoms with Crippen LogP contribution >= 0.6 is 0 Å². The third-order valence-corrected chi connectivity index (χ3v) is 2.44. The molecule has 2 aromatic rings. The van der Waals surface area contributed by atoms with Gasteiger partial charge in [-0.3, -0.25) is 4.79 Å². The van der Waals surface area contributed by atoms with E-state index >= 15 is 0 Å². The Balaban J connectivity index is 2.03. The summed E-state index contributed by atoms with van der Waals surface area (Å²) in [4.78, 5) is 11.7. The van der Waals surface area contributed by atoms with E-state index in [1.165, 1.54) is 13.2 Å². The minimum Gasteiger partial charge on any atom is -0.495 e. The van der Waals surface area contributed by atoms with Crippen LogP contribution in [0.4, 0.5) is 11.4 Å². The number of nitrogen functional groups attached to an aromatic ring is 1. The number of carbonyl (C=O) groups excluding carboxylic acids is 1. The summed E-state index contributed by atoms with van der Waals surface area (Å²) in [5, 5.41) is 2.70. The molecule has 0 saturated heterocycles. The fourth-order valence-corrected chi connectivity index (χ4v) is 1.52. The summed E-state index contributed by atoms with van der Waals surface area (Å²) in [5.41, 5.74) is 6.82. The summed E-state index contributed by atoms with van der Waals surface area (Å²) in [6.45, 7) is 0. The smallest absolute Gasteiger partial charge is 0.248 e. The van der Waals surface area contributed by atoms with Crippen LogP contribution in [0.2, 0.25) is 0 Å². The second-order valence-corrected chi connectivity index (χ2v) is 3.79. The number of furan rings is 1. The van der Waals surface area contributed by atoms with Crippen molar-refractivity contribution < 1.29 is 13.9 Å². The third kappa shape index (κ3) is 3.38. The molecule has 0 fully saturated rings. The van der Waals surface area contributed by atoms with Gasteiger partial charge < -0.3 is 20.2 Å². The third-order valence-electron chi connectivity index (χ3n) is 2.44. The summed E-state index contributed by atoms with van der Waals surface area (Å²) in [7, 11) is 1.52. The quantitative estimate of drug-likeness (QED) is 0.652. The molecule has 1 amide bonds. The van der Waals surface area contributed by atoms with E-state index in [1.807, 2.05) is 0 Å². The Kier molecular flexibility index (Phi) is 3.87. The number of hydrogen-bond donors (Lipinski definition) is 2. The van der Waals surface area contributed by atoms with Gasteiger partial charge >= 0.3 is 0 Å². The van der Waals surface area contributed by atoms with Crippen LogP contribution in [-0.2, 0) is 4.79 Å². The van der Waals surface area contributed by atoms with Gasteiger partial charge in [0.15, 0.2) is 0 Å². The number of carbonyl (C=O) groups is 1. The maximum atomic E-state index is 11.7. The normalized spacial score (nSPS) is 10.6. The second-order valence-electron chi connectivity index (χ2n) is 3.79. The lowest BCUT2D eigenvalue weighted by Crippen LogP contribution is -2.08. The van der Waals surface area contributed by atoms with Crippen LogP contribution in [0.3, 0.4) is 0 Å². The number of ether oxygens (including phenoxy) is 1. The zero-order valence-corrected chi connectivity index (χ0v) is 10.4. The molecule has 98 valence electrons. The van der Waals surface area contributed by atoms with Gasteiger partial charge in [0.05, 0.1) is 19.1 Å². The number of anilines is 2. The van der Waals surface area contributed by atoms with Crippen LogP contribution in [0.15, 0.2) is 47.1 Å². The van der Waals surface area contributed by atoms with Crippen molar-refractivity contribution in [1.82, 2.24) is 0 Å². The molecule has 0 aliphatic heterocycles. The van der Waals surface area contributed by atoms with Crippen molar-refractivity contribution in [3.8, 4) is 5.75 Å². The minimum atomic E-state index is -0.261. The molecule has 0 atom stereocenters. The molecule has 0 unspecified atom stereocenters. The van der Waals surface area contributed by atoms with Gasteiger partial charge in [-0.2, -0.15) is 0 Å². The summed E-state index contributed by atoms with van der Waals surface area (Å²) in [6, 6.07) is 8.55. The van der Waals surface area contributed by atoms with Gasteiger partial charge in [-0.25, -0.2) is 0 Å². The number of nitrogens with one attached hydrogen (secondary N) is 1. The van der Waals surface area contributed by atoms with Crippen LogP contribution in [-0.4, -0.2) is 13.0 Å². The first-order chi connectivity index (χ1) is 9.19. The monoisotopic (exact) mass is 258 g/mol. The standard InChI is InChI=1S/C14H14N2O3/c1-18-13-9-10(4-6-12(13)15)16-14(17)7-5-11-3-2-8-19-11/h2-9H,15H2,1H3,(H,16,17)/b7-5+. The van der Waals surface area contributed by atoms with Crippen LogP contribution in [0.5, 0.6) is 5.75 Å². The van der Waals surface area contributed by atoms with E-state index in [0.29, 0.717) is 22.9 Å². The number of amides is 1. The molecule has 0 aliphatic carbocycles. The van der Waals surface area contributed by atoms with E-state index in [1.54, 1.807) is 42.7 Å². The van der Waals surface area contributed by atoms with Crippen molar-refractivity contribution in [1.29, 1.82) is 0 Å². The number of methoxy groups -OCH3 is 1. The molecule has 0 saturated carbocycles. The topological polar surface area (TPSA) is 77.5 Å². The van der Waals surface area contributed by atoms with Crippen molar-refractivity contribution in [3.05, 3.63) is 48.4 Å². The Bertz CT molecular complexity index is 589. The van der Waals surface area contributed by atoms with E-state index in [-0.39, 0.29) is 5.91 Å². The highest BCUT2D eigenvalue weighted by atomic mass is 16.5. The van der Waals surface area contributed by atoms with E-state index < -0.39 is 0 Å². The van der Waals surface area contributed by atoms with Crippen molar-refractivity contribution >= 4 is 23.4 Å². The van der Waals surface area contributed by atoms with Crippen LogP contribution in [0.25, 0.3) is 6.08 Å². The molecule has 0 radical (unpaired) electrons. The highest BCUT2D eigenvalue weighted by Gasteiger charge is 2.03. The lowest BCUT2D eigenvalue weighted by Gasteiger charge is -2.07. The zero-order chi connectivity index (χ0) is 13.7. The number of benzene rings is 1. The summed E-state index contributed by atoms with van der Waals surface area (Å²) < 4.78 is 10.2. The summed E-state index contributed by atoms with van der Waals surface area (Å²) in [6.07, 6.45) is 4.52. The Morgan fingerprint density at radius 3 is 2.95 bits per heavy atom. The Labute approximate surface area is 110 Å². The highest BCUT2D eigenvalue weighted by Crippen LogP contribution is 2.24. The largest absolute Gasteiger partial charge is 0.495 e. The SMILES string of the molecule is COc1cc(NC(=O)/C=C/c2ccco2)ccc1N. The van der Waals surface area contributed by atoms with Crippen molar-refractivity contribution in [2.75, 3.05) is 18.2 Å². The maximum absolute atomic E-state index is 11.7. The van der Waals surface area contributed by atoms with Gasteiger partial charge in [0.25, 0.3) is 0 Å². The molecule has 19 heavy (non-hydrogen) atoms. The molecule has 0 spiro atoms. The van der Waals surface area contributed by atoms with Crippen molar-refractivity contribution in [3.63, 3.8) is 0 Å². The number of nitrogens with two attached hydrogens (primary N) is 1. The van der Waals surface area contributed by atoms with Crippen LogP contribution < -0.4 is 15.8 Å². The van der Waals surface area contributed by atoms with Crippen molar-refractivity contribution in [2.45, 2.75) is 0 Å². The molecule has 1 heterocycles. The van der Waals surface area contributed by atoms with Gasteiger partial charge in [-0.15, -0.1) is 0 Å². The first-order valence-electron chi connectivity index (χ1n) is 5.65. The second kappa shape index (κ2) is 5.77. The maximum Gasteiger partial charge on any atom is 0.248 e. The van der Waals surface area contributed by atoms with Gasteiger partial charge in [0.2, 0.25) is 5.91 Å². The molecule has 3 N–H and O–H groups in total. The molecule has 5 heteroatoms. The fourth-order valence-electron chi connectivity index (χ4n) is 1.52. The first-order valence-corrected chi connectivity index (χ1v) is 5.65.